The fourth-order valence-electron chi connectivity index (χ4n) is 2.35. The SMILES string of the molecule is CC(O)c1cccc(Nc2nc(SCC(=O)O)c3ccccc3n2)c1. The van der Waals surface area contributed by atoms with Crippen molar-refractivity contribution < 1.29 is 15.0 Å². The van der Waals surface area contributed by atoms with Gasteiger partial charge in [-0.2, -0.15) is 0 Å². The molecule has 6 nitrogen and oxygen atoms in total. The van der Waals surface area contributed by atoms with Crippen LogP contribution < -0.4 is 5.32 Å². The van der Waals surface area contributed by atoms with Crippen LogP contribution in [0.1, 0.15) is 18.6 Å². The molecule has 3 N–H and O–H groups in total. The highest BCUT2D eigenvalue weighted by Crippen LogP contribution is 2.28. The lowest BCUT2D eigenvalue weighted by Crippen LogP contribution is -2.02. The zero-order chi connectivity index (χ0) is 17.8. The van der Waals surface area contributed by atoms with Crippen molar-refractivity contribution in [3.8, 4) is 0 Å². The average Bonchev–Trinajstić information content (AvgIpc) is 2.59. The summed E-state index contributed by atoms with van der Waals surface area (Å²) in [6.07, 6.45) is -0.569. The number of aliphatic carboxylic acids is 1. The lowest BCUT2D eigenvalue weighted by atomic mass is 10.1. The summed E-state index contributed by atoms with van der Waals surface area (Å²) in [6, 6.07) is 14.8. The van der Waals surface area contributed by atoms with Crippen LogP contribution in [0, 0.1) is 0 Å². The molecule has 0 amide bonds. The molecule has 3 aromatic rings. The van der Waals surface area contributed by atoms with Gasteiger partial charge in [0, 0.05) is 11.1 Å². The Morgan fingerprint density at radius 2 is 2.00 bits per heavy atom. The zero-order valence-corrected chi connectivity index (χ0v) is 14.3. The Labute approximate surface area is 148 Å². The number of nitrogens with one attached hydrogen (secondary N) is 1. The number of carboxylic acid groups (broad SMARTS) is 1. The first-order chi connectivity index (χ1) is 12.0. The van der Waals surface area contributed by atoms with E-state index < -0.39 is 12.1 Å². The quantitative estimate of drug-likeness (QED) is 0.459. The molecule has 0 saturated carbocycles. The van der Waals surface area contributed by atoms with E-state index in [1.54, 1.807) is 6.92 Å². The van der Waals surface area contributed by atoms with Gasteiger partial charge >= 0.3 is 5.97 Å². The summed E-state index contributed by atoms with van der Waals surface area (Å²) in [7, 11) is 0. The van der Waals surface area contributed by atoms with Crippen molar-refractivity contribution in [1.82, 2.24) is 9.97 Å². The van der Waals surface area contributed by atoms with Crippen molar-refractivity contribution in [3.63, 3.8) is 0 Å². The fraction of sp³-hybridized carbons (Fsp3) is 0.167. The Hall–Kier alpha value is -2.64. The molecule has 0 spiro atoms. The monoisotopic (exact) mass is 355 g/mol. The third-order valence-electron chi connectivity index (χ3n) is 3.53. The first-order valence-electron chi connectivity index (χ1n) is 7.69. The van der Waals surface area contributed by atoms with Gasteiger partial charge in [0.1, 0.15) is 5.03 Å². The number of thioether (sulfide) groups is 1. The molecule has 25 heavy (non-hydrogen) atoms. The lowest BCUT2D eigenvalue weighted by molar-refractivity contribution is -0.133. The molecule has 0 radical (unpaired) electrons. The van der Waals surface area contributed by atoms with Crippen LogP contribution in [0.4, 0.5) is 11.6 Å². The van der Waals surface area contributed by atoms with Crippen molar-refractivity contribution in [2.75, 3.05) is 11.1 Å². The van der Waals surface area contributed by atoms with Crippen LogP contribution >= 0.6 is 11.8 Å². The van der Waals surface area contributed by atoms with Crippen molar-refractivity contribution >= 4 is 40.3 Å². The Morgan fingerprint density at radius 3 is 2.76 bits per heavy atom. The predicted octanol–water partition coefficient (Wildman–Crippen LogP) is 3.60. The number of rotatable bonds is 6. The molecular formula is C18H17N3O3S. The van der Waals surface area contributed by atoms with Crippen molar-refractivity contribution in [3.05, 3.63) is 54.1 Å². The van der Waals surface area contributed by atoms with Gasteiger partial charge in [-0.1, -0.05) is 42.1 Å². The van der Waals surface area contributed by atoms with E-state index in [1.807, 2.05) is 48.5 Å². The number of aromatic nitrogens is 2. The Balaban J connectivity index is 1.96. The number of para-hydroxylation sites is 1. The summed E-state index contributed by atoms with van der Waals surface area (Å²) >= 11 is 1.16. The summed E-state index contributed by atoms with van der Waals surface area (Å²) in [5.74, 6) is -0.584. The smallest absolute Gasteiger partial charge is 0.313 e. The van der Waals surface area contributed by atoms with Crippen molar-refractivity contribution in [2.45, 2.75) is 18.1 Å². The number of nitrogens with zero attached hydrogens (tertiary/aromatic N) is 2. The molecule has 3 rings (SSSR count). The van der Waals surface area contributed by atoms with Crippen LogP contribution in [0.25, 0.3) is 10.9 Å². The molecule has 1 heterocycles. The molecule has 7 heteroatoms. The highest BCUT2D eigenvalue weighted by atomic mass is 32.2. The van der Waals surface area contributed by atoms with Gasteiger partial charge < -0.3 is 15.5 Å². The largest absolute Gasteiger partial charge is 0.481 e. The van der Waals surface area contributed by atoms with Gasteiger partial charge in [-0.25, -0.2) is 9.97 Å². The maximum Gasteiger partial charge on any atom is 0.313 e. The van der Waals surface area contributed by atoms with E-state index in [4.69, 9.17) is 5.11 Å². The van der Waals surface area contributed by atoms with Gasteiger partial charge in [0.15, 0.2) is 0 Å². The van der Waals surface area contributed by atoms with Gasteiger partial charge in [-0.05, 0) is 30.7 Å². The fourth-order valence-corrected chi connectivity index (χ4v) is 3.09. The summed E-state index contributed by atoms with van der Waals surface area (Å²) in [6.45, 7) is 1.70. The number of hydrogen-bond acceptors (Lipinski definition) is 6. The average molecular weight is 355 g/mol. The maximum absolute atomic E-state index is 10.9. The van der Waals surface area contributed by atoms with Crippen LogP contribution in [0.3, 0.4) is 0 Å². The van der Waals surface area contributed by atoms with Gasteiger partial charge in [0.25, 0.3) is 0 Å². The molecule has 1 aromatic heterocycles. The minimum Gasteiger partial charge on any atom is -0.481 e. The second kappa shape index (κ2) is 7.50. The number of carboxylic acids is 1. The van der Waals surface area contributed by atoms with Crippen LogP contribution in [0.5, 0.6) is 0 Å². The first kappa shape index (κ1) is 17.2. The van der Waals surface area contributed by atoms with Crippen LogP contribution in [-0.4, -0.2) is 31.9 Å². The third-order valence-corrected chi connectivity index (χ3v) is 4.50. The van der Waals surface area contributed by atoms with E-state index in [9.17, 15) is 9.90 Å². The predicted molar refractivity (Wildman–Crippen MR) is 98.3 cm³/mol. The zero-order valence-electron chi connectivity index (χ0n) is 13.5. The summed E-state index contributed by atoms with van der Waals surface area (Å²) in [5.41, 5.74) is 2.27. The number of aliphatic hydroxyl groups excluding tert-OH is 1. The normalized spacial score (nSPS) is 12.1. The number of carbonyl (C=O) groups is 1. The highest BCUT2D eigenvalue weighted by molar-refractivity contribution is 8.00. The number of aliphatic hydroxyl groups is 1. The van der Waals surface area contributed by atoms with Gasteiger partial charge in [-0.3, -0.25) is 4.79 Å². The summed E-state index contributed by atoms with van der Waals surface area (Å²) < 4.78 is 0. The molecule has 0 aliphatic rings. The van der Waals surface area contributed by atoms with Gasteiger partial charge in [0.2, 0.25) is 5.95 Å². The molecule has 1 unspecified atom stereocenters. The molecular weight excluding hydrogens is 338 g/mol. The van der Waals surface area contributed by atoms with Crippen LogP contribution in [-0.2, 0) is 4.79 Å². The molecule has 0 saturated heterocycles. The van der Waals surface area contributed by atoms with Gasteiger partial charge in [-0.15, -0.1) is 0 Å². The van der Waals surface area contributed by atoms with Crippen LogP contribution in [0.2, 0.25) is 0 Å². The van der Waals surface area contributed by atoms with E-state index >= 15 is 0 Å². The Bertz CT molecular complexity index is 915. The van der Waals surface area contributed by atoms with E-state index in [1.165, 1.54) is 0 Å². The molecule has 0 bridgehead atoms. The molecule has 128 valence electrons. The number of fused-ring (bicyclic) bond motifs is 1. The molecule has 2 aromatic carbocycles. The first-order valence-corrected chi connectivity index (χ1v) is 8.68. The third kappa shape index (κ3) is 4.26. The minimum absolute atomic E-state index is 0.0715. The molecule has 0 aliphatic heterocycles. The highest BCUT2D eigenvalue weighted by Gasteiger charge is 2.11. The Morgan fingerprint density at radius 1 is 1.20 bits per heavy atom. The molecule has 1 atom stereocenters. The topological polar surface area (TPSA) is 95.3 Å². The Kier molecular flexibility index (Phi) is 5.16. The lowest BCUT2D eigenvalue weighted by Gasteiger charge is -2.11. The van der Waals surface area contributed by atoms with Crippen molar-refractivity contribution in [1.29, 1.82) is 0 Å². The summed E-state index contributed by atoms with van der Waals surface area (Å²) in [5, 5.41) is 23.2. The number of hydrogen-bond donors (Lipinski definition) is 3. The minimum atomic E-state index is -0.896. The number of benzene rings is 2. The number of anilines is 2. The standard InChI is InChI=1S/C18H17N3O3S/c1-11(22)12-5-4-6-13(9-12)19-18-20-15-8-3-2-7-14(15)17(21-18)25-10-16(23)24/h2-9,11,22H,10H2,1H3,(H,23,24)(H,19,20,21). The van der Waals surface area contributed by atoms with E-state index in [0.717, 1.165) is 33.9 Å². The summed E-state index contributed by atoms with van der Waals surface area (Å²) in [4.78, 5) is 19.8. The molecule has 0 aliphatic carbocycles. The maximum atomic E-state index is 10.9. The van der Waals surface area contributed by atoms with E-state index in [2.05, 4.69) is 15.3 Å². The van der Waals surface area contributed by atoms with Crippen molar-refractivity contribution in [2.24, 2.45) is 0 Å². The molecule has 0 fully saturated rings. The van der Waals surface area contributed by atoms with E-state index in [-0.39, 0.29) is 5.75 Å². The second-order valence-corrected chi connectivity index (χ2v) is 6.44. The second-order valence-electron chi connectivity index (χ2n) is 5.48. The van der Waals surface area contributed by atoms with Gasteiger partial charge in [0.05, 0.1) is 17.4 Å². The van der Waals surface area contributed by atoms with Crippen LogP contribution in [0.15, 0.2) is 53.6 Å². The van der Waals surface area contributed by atoms with E-state index in [0.29, 0.717) is 11.0 Å².